The van der Waals surface area contributed by atoms with Crippen LogP contribution >= 0.6 is 0 Å². The summed E-state index contributed by atoms with van der Waals surface area (Å²) in [5, 5.41) is 17.0. The van der Waals surface area contributed by atoms with Crippen LogP contribution in [0.2, 0.25) is 0 Å². The molecule has 0 aliphatic heterocycles. The second kappa shape index (κ2) is 22.7. The van der Waals surface area contributed by atoms with E-state index in [0.717, 1.165) is 31.6 Å². The van der Waals surface area contributed by atoms with E-state index < -0.39 is 5.97 Å². The molecule has 0 aliphatic carbocycles. The first-order chi connectivity index (χ1) is 13.7. The largest absolute Gasteiger partial charge is 0.481 e. The Morgan fingerprint density at radius 2 is 1.11 bits per heavy atom. The maximum atomic E-state index is 10.5. The van der Waals surface area contributed by atoms with E-state index in [4.69, 9.17) is 10.4 Å². The van der Waals surface area contributed by atoms with E-state index in [0.29, 0.717) is 13.0 Å². The van der Waals surface area contributed by atoms with Gasteiger partial charge in [0, 0.05) is 6.42 Å². The molecular formula is C24H48O4. The maximum Gasteiger partial charge on any atom is 0.303 e. The van der Waals surface area contributed by atoms with Gasteiger partial charge in [0.1, 0.15) is 0 Å². The van der Waals surface area contributed by atoms with Gasteiger partial charge in [0.25, 0.3) is 0 Å². The van der Waals surface area contributed by atoms with Gasteiger partial charge in [-0.2, -0.15) is 0 Å². The van der Waals surface area contributed by atoms with Gasteiger partial charge in [-0.3, -0.25) is 10.1 Å². The summed E-state index contributed by atoms with van der Waals surface area (Å²) in [4.78, 5) is 14.7. The van der Waals surface area contributed by atoms with Gasteiger partial charge < -0.3 is 5.11 Å². The zero-order chi connectivity index (χ0) is 20.7. The summed E-state index contributed by atoms with van der Waals surface area (Å²) in [7, 11) is 0. The third kappa shape index (κ3) is 21.7. The highest BCUT2D eigenvalue weighted by molar-refractivity contribution is 5.66. The van der Waals surface area contributed by atoms with Crippen molar-refractivity contribution in [2.75, 3.05) is 6.61 Å². The van der Waals surface area contributed by atoms with Crippen LogP contribution < -0.4 is 0 Å². The quantitative estimate of drug-likeness (QED) is 0.104. The smallest absolute Gasteiger partial charge is 0.303 e. The van der Waals surface area contributed by atoms with E-state index in [1.807, 2.05) is 0 Å². The van der Waals surface area contributed by atoms with Crippen molar-refractivity contribution in [3.8, 4) is 0 Å². The van der Waals surface area contributed by atoms with Gasteiger partial charge in [-0.05, 0) is 18.8 Å². The molecule has 0 aromatic heterocycles. The molecule has 4 nitrogen and oxygen atoms in total. The van der Waals surface area contributed by atoms with E-state index >= 15 is 0 Å². The molecule has 0 aromatic rings. The molecule has 0 bridgehead atoms. The van der Waals surface area contributed by atoms with E-state index in [2.05, 4.69) is 11.8 Å². The van der Waals surface area contributed by atoms with Crippen molar-refractivity contribution in [3.05, 3.63) is 0 Å². The zero-order valence-corrected chi connectivity index (χ0v) is 18.6. The van der Waals surface area contributed by atoms with Crippen LogP contribution in [0.1, 0.15) is 135 Å². The van der Waals surface area contributed by atoms with Gasteiger partial charge in [-0.1, -0.05) is 116 Å². The van der Waals surface area contributed by atoms with Gasteiger partial charge in [0.2, 0.25) is 0 Å². The van der Waals surface area contributed by atoms with Crippen molar-refractivity contribution in [1.29, 1.82) is 0 Å². The third-order valence-electron chi connectivity index (χ3n) is 5.82. The van der Waals surface area contributed by atoms with Crippen molar-refractivity contribution < 1.29 is 20.0 Å². The van der Waals surface area contributed by atoms with Crippen LogP contribution in [-0.4, -0.2) is 22.9 Å². The fourth-order valence-corrected chi connectivity index (χ4v) is 4.02. The SMILES string of the molecule is CCCCCCCCC(CCCCCCCCC(=O)O)CCCCCCOO. The van der Waals surface area contributed by atoms with Crippen LogP contribution in [0.4, 0.5) is 0 Å². The Labute approximate surface area is 174 Å². The molecule has 0 aliphatic rings. The van der Waals surface area contributed by atoms with Crippen LogP contribution in [0.3, 0.4) is 0 Å². The van der Waals surface area contributed by atoms with E-state index in [1.165, 1.54) is 96.3 Å². The average Bonchev–Trinajstić information content (AvgIpc) is 2.68. The lowest BCUT2D eigenvalue weighted by Gasteiger charge is -2.17. The minimum absolute atomic E-state index is 0.324. The van der Waals surface area contributed by atoms with Crippen molar-refractivity contribution in [1.82, 2.24) is 0 Å². The highest BCUT2D eigenvalue weighted by atomic mass is 17.1. The third-order valence-corrected chi connectivity index (χ3v) is 5.82. The van der Waals surface area contributed by atoms with Crippen LogP contribution in [-0.2, 0) is 9.68 Å². The number of hydrogen-bond acceptors (Lipinski definition) is 3. The molecule has 0 aromatic carbocycles. The zero-order valence-electron chi connectivity index (χ0n) is 18.6. The monoisotopic (exact) mass is 400 g/mol. The molecule has 0 radical (unpaired) electrons. The molecule has 0 saturated heterocycles. The summed E-state index contributed by atoms with van der Waals surface area (Å²) in [5.74, 6) is 0.216. The molecule has 0 amide bonds. The summed E-state index contributed by atoms with van der Waals surface area (Å²) in [6.07, 6.45) is 24.4. The Hall–Kier alpha value is -0.610. The van der Waals surface area contributed by atoms with Gasteiger partial charge in [-0.25, -0.2) is 4.89 Å². The lowest BCUT2D eigenvalue weighted by Crippen LogP contribution is -2.02. The molecule has 1 atom stereocenters. The molecule has 0 heterocycles. The molecule has 0 rings (SSSR count). The van der Waals surface area contributed by atoms with Crippen LogP contribution in [0.15, 0.2) is 0 Å². The lowest BCUT2D eigenvalue weighted by molar-refractivity contribution is -0.242. The van der Waals surface area contributed by atoms with Gasteiger partial charge in [0.15, 0.2) is 0 Å². The summed E-state index contributed by atoms with van der Waals surface area (Å²) >= 11 is 0. The fraction of sp³-hybridized carbons (Fsp3) is 0.958. The molecule has 2 N–H and O–H groups in total. The first-order valence-electron chi connectivity index (χ1n) is 12.2. The Bertz CT molecular complexity index is 304. The lowest BCUT2D eigenvalue weighted by atomic mass is 9.89. The van der Waals surface area contributed by atoms with E-state index in [1.54, 1.807) is 0 Å². The number of carboxylic acids is 1. The number of carboxylic acid groups (broad SMARTS) is 1. The van der Waals surface area contributed by atoms with Crippen LogP contribution in [0.5, 0.6) is 0 Å². The molecule has 168 valence electrons. The number of aliphatic carboxylic acids is 1. The number of hydrogen-bond donors (Lipinski definition) is 2. The number of carbonyl (C=O) groups is 1. The highest BCUT2D eigenvalue weighted by Gasteiger charge is 2.09. The summed E-state index contributed by atoms with van der Waals surface area (Å²) in [6, 6.07) is 0. The Balaban J connectivity index is 3.80. The fourth-order valence-electron chi connectivity index (χ4n) is 4.02. The van der Waals surface area contributed by atoms with E-state index in [-0.39, 0.29) is 0 Å². The number of unbranched alkanes of at least 4 members (excludes halogenated alkanes) is 13. The van der Waals surface area contributed by atoms with Crippen LogP contribution in [0, 0.1) is 5.92 Å². The molecule has 1 unspecified atom stereocenters. The standard InChI is InChI=1S/C24H48O4/c1-2-3-4-5-8-13-18-23(20-15-11-12-17-22-28-27)19-14-9-6-7-10-16-21-24(25)26/h23,27H,2-22H2,1H3,(H,25,26). The molecule has 0 fully saturated rings. The minimum atomic E-state index is -0.665. The Morgan fingerprint density at radius 1 is 0.679 bits per heavy atom. The molecular weight excluding hydrogens is 352 g/mol. The second-order valence-corrected chi connectivity index (χ2v) is 8.51. The normalized spacial score (nSPS) is 12.4. The minimum Gasteiger partial charge on any atom is -0.481 e. The highest BCUT2D eigenvalue weighted by Crippen LogP contribution is 2.24. The first kappa shape index (κ1) is 27.4. The summed E-state index contributed by atoms with van der Waals surface area (Å²) in [5.41, 5.74) is 0. The van der Waals surface area contributed by atoms with Gasteiger partial charge in [-0.15, -0.1) is 0 Å². The van der Waals surface area contributed by atoms with Crippen molar-refractivity contribution in [2.45, 2.75) is 135 Å². The molecule has 28 heavy (non-hydrogen) atoms. The average molecular weight is 401 g/mol. The Kier molecular flexibility index (Phi) is 22.2. The maximum absolute atomic E-state index is 10.5. The molecule has 0 spiro atoms. The number of rotatable bonds is 23. The summed E-state index contributed by atoms with van der Waals surface area (Å²) in [6.45, 7) is 2.74. The predicted octanol–water partition coefficient (Wildman–Crippen LogP) is 8.00. The van der Waals surface area contributed by atoms with E-state index in [9.17, 15) is 4.79 Å². The van der Waals surface area contributed by atoms with Crippen molar-refractivity contribution in [2.24, 2.45) is 5.92 Å². The van der Waals surface area contributed by atoms with Crippen LogP contribution in [0.25, 0.3) is 0 Å². The topological polar surface area (TPSA) is 66.8 Å². The van der Waals surface area contributed by atoms with Gasteiger partial charge in [0.05, 0.1) is 6.61 Å². The first-order valence-corrected chi connectivity index (χ1v) is 12.2. The summed E-state index contributed by atoms with van der Waals surface area (Å²) < 4.78 is 0. The molecule has 0 saturated carbocycles. The molecule has 4 heteroatoms. The van der Waals surface area contributed by atoms with Crippen molar-refractivity contribution >= 4 is 5.97 Å². The van der Waals surface area contributed by atoms with Gasteiger partial charge >= 0.3 is 5.97 Å². The predicted molar refractivity (Wildman–Crippen MR) is 118 cm³/mol. The van der Waals surface area contributed by atoms with Crippen molar-refractivity contribution in [3.63, 3.8) is 0 Å². The second-order valence-electron chi connectivity index (χ2n) is 8.51. The Morgan fingerprint density at radius 3 is 1.57 bits per heavy atom.